The summed E-state index contributed by atoms with van der Waals surface area (Å²) in [4.78, 5) is 16.9. The fourth-order valence-electron chi connectivity index (χ4n) is 3.94. The van der Waals surface area contributed by atoms with E-state index in [1.165, 1.54) is 6.07 Å². The summed E-state index contributed by atoms with van der Waals surface area (Å²) in [5.74, 6) is 1.56. The van der Waals surface area contributed by atoms with E-state index in [1.54, 1.807) is 19.2 Å². The normalized spacial score (nSPS) is 15.5. The molecule has 0 atom stereocenters. The Kier molecular flexibility index (Phi) is 6.66. The number of rotatable bonds is 6. The predicted molar refractivity (Wildman–Crippen MR) is 124 cm³/mol. The summed E-state index contributed by atoms with van der Waals surface area (Å²) in [6.07, 6.45) is 4.57. The number of halogens is 1. The minimum Gasteiger partial charge on any atom is -0.361 e. The van der Waals surface area contributed by atoms with Crippen molar-refractivity contribution in [2.45, 2.75) is 13.0 Å². The van der Waals surface area contributed by atoms with Gasteiger partial charge in [0, 0.05) is 75.2 Å². The van der Waals surface area contributed by atoms with Crippen molar-refractivity contribution in [2.24, 2.45) is 4.99 Å². The van der Waals surface area contributed by atoms with Crippen LogP contribution in [0.1, 0.15) is 11.1 Å². The molecule has 8 heteroatoms. The molecule has 1 saturated heterocycles. The van der Waals surface area contributed by atoms with Crippen LogP contribution in [0.3, 0.4) is 0 Å². The third-order valence-electron chi connectivity index (χ3n) is 5.76. The molecule has 3 heterocycles. The van der Waals surface area contributed by atoms with E-state index in [2.05, 4.69) is 48.5 Å². The molecule has 0 saturated carbocycles. The average Bonchev–Trinajstić information content (AvgIpc) is 3.19. The number of benzene rings is 1. The van der Waals surface area contributed by atoms with Crippen molar-refractivity contribution < 1.29 is 4.39 Å². The lowest BCUT2D eigenvalue weighted by Crippen LogP contribution is -2.45. The molecule has 1 aromatic carbocycles. The summed E-state index contributed by atoms with van der Waals surface area (Å²) >= 11 is 0. The van der Waals surface area contributed by atoms with Crippen LogP contribution in [0, 0.1) is 5.82 Å². The zero-order valence-corrected chi connectivity index (χ0v) is 18.2. The number of aromatic amines is 1. The molecule has 0 radical (unpaired) electrons. The van der Waals surface area contributed by atoms with E-state index in [-0.39, 0.29) is 5.82 Å². The molecule has 0 amide bonds. The van der Waals surface area contributed by atoms with Crippen molar-refractivity contribution in [2.75, 3.05) is 51.7 Å². The van der Waals surface area contributed by atoms with Gasteiger partial charge in [-0.3, -0.25) is 4.99 Å². The minimum absolute atomic E-state index is 0.216. The lowest BCUT2D eigenvalue weighted by atomic mass is 10.1. The van der Waals surface area contributed by atoms with Gasteiger partial charge in [-0.2, -0.15) is 0 Å². The predicted octanol–water partition coefficient (Wildman–Crippen LogP) is 2.36. The molecule has 1 aliphatic heterocycles. The Hall–Kier alpha value is -3.13. The van der Waals surface area contributed by atoms with Gasteiger partial charge in [0.2, 0.25) is 0 Å². The second-order valence-electron chi connectivity index (χ2n) is 7.88. The molecule has 3 aromatic rings. The van der Waals surface area contributed by atoms with Gasteiger partial charge in [-0.05, 0) is 43.3 Å². The monoisotopic (exact) mass is 423 g/mol. The number of pyridine rings is 1. The maximum atomic E-state index is 13.6. The van der Waals surface area contributed by atoms with Crippen molar-refractivity contribution in [3.8, 4) is 0 Å². The number of aromatic nitrogens is 2. The Labute approximate surface area is 182 Å². The summed E-state index contributed by atoms with van der Waals surface area (Å²) in [5.41, 5.74) is 3.19. The van der Waals surface area contributed by atoms with E-state index in [9.17, 15) is 4.39 Å². The first-order valence-electron chi connectivity index (χ1n) is 10.7. The van der Waals surface area contributed by atoms with Crippen LogP contribution in [-0.2, 0) is 13.0 Å². The lowest BCUT2D eigenvalue weighted by Gasteiger charge is -2.34. The van der Waals surface area contributed by atoms with Gasteiger partial charge in [0.15, 0.2) is 5.96 Å². The second-order valence-corrected chi connectivity index (χ2v) is 7.88. The molecule has 1 fully saturated rings. The molecule has 0 aliphatic carbocycles. The van der Waals surface area contributed by atoms with E-state index in [1.807, 2.05) is 18.5 Å². The number of hydrogen-bond donors (Lipinski definition) is 3. The van der Waals surface area contributed by atoms with Gasteiger partial charge < -0.3 is 25.4 Å². The van der Waals surface area contributed by atoms with Crippen LogP contribution >= 0.6 is 0 Å². The van der Waals surface area contributed by atoms with Crippen LogP contribution in [0.4, 0.5) is 10.2 Å². The number of hydrogen-bond acceptors (Lipinski definition) is 4. The number of likely N-dealkylation sites (N-methyl/N-ethyl adjacent to an activating group) is 1. The molecule has 31 heavy (non-hydrogen) atoms. The van der Waals surface area contributed by atoms with Crippen LogP contribution in [0.2, 0.25) is 0 Å². The summed E-state index contributed by atoms with van der Waals surface area (Å²) in [6.45, 7) is 5.40. The van der Waals surface area contributed by atoms with Gasteiger partial charge >= 0.3 is 0 Å². The molecule has 3 N–H and O–H groups in total. The Bertz CT molecular complexity index is 1040. The highest BCUT2D eigenvalue weighted by atomic mass is 19.1. The fraction of sp³-hybridized carbons (Fsp3) is 0.391. The highest BCUT2D eigenvalue weighted by Crippen LogP contribution is 2.20. The van der Waals surface area contributed by atoms with Crippen LogP contribution in [0.15, 0.2) is 47.7 Å². The quantitative estimate of drug-likeness (QED) is 0.419. The first-order chi connectivity index (χ1) is 15.1. The van der Waals surface area contributed by atoms with Crippen LogP contribution in [0.5, 0.6) is 0 Å². The van der Waals surface area contributed by atoms with Gasteiger partial charge in [-0.1, -0.05) is 6.07 Å². The van der Waals surface area contributed by atoms with E-state index >= 15 is 0 Å². The molecular weight excluding hydrogens is 393 g/mol. The molecule has 1 aliphatic rings. The molecule has 0 spiro atoms. The number of anilines is 1. The van der Waals surface area contributed by atoms with Crippen molar-refractivity contribution in [1.82, 2.24) is 25.5 Å². The van der Waals surface area contributed by atoms with Crippen molar-refractivity contribution in [1.29, 1.82) is 0 Å². The van der Waals surface area contributed by atoms with Gasteiger partial charge in [0.05, 0.1) is 0 Å². The van der Waals surface area contributed by atoms with Crippen LogP contribution in [-0.4, -0.2) is 67.6 Å². The first kappa shape index (κ1) is 21.1. The fourth-order valence-corrected chi connectivity index (χ4v) is 3.94. The Morgan fingerprint density at radius 3 is 2.81 bits per heavy atom. The van der Waals surface area contributed by atoms with Gasteiger partial charge in [-0.25, -0.2) is 9.37 Å². The van der Waals surface area contributed by atoms with E-state index in [0.717, 1.165) is 66.4 Å². The van der Waals surface area contributed by atoms with E-state index < -0.39 is 0 Å². The highest BCUT2D eigenvalue weighted by Gasteiger charge is 2.18. The van der Waals surface area contributed by atoms with Crippen molar-refractivity contribution in [3.63, 3.8) is 0 Å². The lowest BCUT2D eigenvalue weighted by molar-refractivity contribution is 0.312. The first-order valence-corrected chi connectivity index (χ1v) is 10.7. The number of piperazine rings is 1. The Morgan fingerprint density at radius 2 is 2.00 bits per heavy atom. The molecule has 2 aromatic heterocycles. The molecule has 7 nitrogen and oxygen atoms in total. The SMILES string of the molecule is CN=C(NCCc1c[nH]c2ccc(F)cc12)NCc1cccnc1N1CCN(C)CC1. The third kappa shape index (κ3) is 5.14. The number of nitrogens with one attached hydrogen (secondary N) is 3. The zero-order valence-electron chi connectivity index (χ0n) is 18.2. The zero-order chi connectivity index (χ0) is 21.6. The van der Waals surface area contributed by atoms with E-state index in [4.69, 9.17) is 0 Å². The minimum atomic E-state index is -0.216. The molecule has 0 bridgehead atoms. The van der Waals surface area contributed by atoms with Crippen LogP contribution in [0.25, 0.3) is 10.9 Å². The maximum absolute atomic E-state index is 13.6. The topological polar surface area (TPSA) is 71.6 Å². The number of fused-ring (bicyclic) bond motifs is 1. The highest BCUT2D eigenvalue weighted by molar-refractivity contribution is 5.83. The second kappa shape index (κ2) is 9.78. The number of guanidine groups is 1. The Balaban J connectivity index is 1.32. The smallest absolute Gasteiger partial charge is 0.191 e. The van der Waals surface area contributed by atoms with Crippen molar-refractivity contribution >= 4 is 22.7 Å². The van der Waals surface area contributed by atoms with Gasteiger partial charge in [-0.15, -0.1) is 0 Å². The summed E-state index contributed by atoms with van der Waals surface area (Å²) < 4.78 is 13.6. The average molecular weight is 424 g/mol. The maximum Gasteiger partial charge on any atom is 0.191 e. The third-order valence-corrected chi connectivity index (χ3v) is 5.76. The standard InChI is InChI=1S/C23H30FN7/c1-25-23(27-9-7-17-15-28-21-6-5-19(24)14-20(17)21)29-16-18-4-3-8-26-22(18)31-12-10-30(2)11-13-31/h3-6,8,14-15,28H,7,9-13,16H2,1-2H3,(H2,25,27,29). The van der Waals surface area contributed by atoms with Gasteiger partial charge in [0.1, 0.15) is 11.6 Å². The summed E-state index contributed by atoms with van der Waals surface area (Å²) in [5, 5.41) is 7.67. The molecule has 0 unspecified atom stereocenters. The summed E-state index contributed by atoms with van der Waals surface area (Å²) in [7, 11) is 3.92. The largest absolute Gasteiger partial charge is 0.361 e. The van der Waals surface area contributed by atoms with E-state index in [0.29, 0.717) is 13.1 Å². The van der Waals surface area contributed by atoms with Crippen molar-refractivity contribution in [3.05, 3.63) is 59.7 Å². The number of H-pyrrole nitrogens is 1. The number of aliphatic imine (C=N–C) groups is 1. The molecule has 164 valence electrons. The number of nitrogens with zero attached hydrogens (tertiary/aromatic N) is 4. The molecular formula is C23H30FN7. The summed E-state index contributed by atoms with van der Waals surface area (Å²) in [6, 6.07) is 8.91. The Morgan fingerprint density at radius 1 is 1.16 bits per heavy atom. The molecule has 4 rings (SSSR count). The van der Waals surface area contributed by atoms with Crippen LogP contribution < -0.4 is 15.5 Å². The van der Waals surface area contributed by atoms with Gasteiger partial charge in [0.25, 0.3) is 0 Å².